The van der Waals surface area contributed by atoms with E-state index in [1.807, 2.05) is 36.4 Å². The number of hydrogen-bond acceptors (Lipinski definition) is 4. The summed E-state index contributed by atoms with van der Waals surface area (Å²) < 4.78 is 5.43. The van der Waals surface area contributed by atoms with Crippen molar-refractivity contribution in [2.45, 2.75) is 18.4 Å². The molecule has 1 amide bonds. The van der Waals surface area contributed by atoms with Crippen LogP contribution in [0.5, 0.6) is 0 Å². The number of alkyl carbamates (subject to hydrolysis) is 1. The number of nitrogens with one attached hydrogen (secondary N) is 1. The Kier molecular flexibility index (Phi) is 5.56. The fourth-order valence-corrected chi connectivity index (χ4v) is 4.76. The van der Waals surface area contributed by atoms with Gasteiger partial charge in [-0.1, -0.05) is 60.1 Å². The standard InChI is InChI=1S/C22H18ClNO4S/c23-13-9-14(29-12-13)10-20(21(25)26)24-22(27)28-11-19-17-7-3-1-5-15(17)16-6-2-4-8-18(16)19/h1-9,12,19-20H,10-11H2,(H,24,27)(H,25,26)/t20-/m1/s1. The van der Waals surface area contributed by atoms with Crippen molar-refractivity contribution in [2.75, 3.05) is 6.61 Å². The maximum atomic E-state index is 12.3. The SMILES string of the molecule is O=C(N[C@H](Cc1cc(Cl)cs1)C(=O)O)OCC1c2ccccc2-c2ccccc21. The molecule has 0 aliphatic heterocycles. The highest BCUT2D eigenvalue weighted by atomic mass is 35.5. The van der Waals surface area contributed by atoms with Crippen molar-refractivity contribution >= 4 is 35.0 Å². The molecule has 2 N–H and O–H groups in total. The summed E-state index contributed by atoms with van der Waals surface area (Å²) in [5.41, 5.74) is 4.47. The smallest absolute Gasteiger partial charge is 0.407 e. The van der Waals surface area contributed by atoms with Crippen molar-refractivity contribution in [1.82, 2.24) is 5.32 Å². The molecule has 1 atom stereocenters. The average Bonchev–Trinajstić information content (AvgIpc) is 3.27. The van der Waals surface area contributed by atoms with Crippen LogP contribution in [0.15, 0.2) is 60.0 Å². The van der Waals surface area contributed by atoms with Crippen LogP contribution in [-0.2, 0) is 16.0 Å². The van der Waals surface area contributed by atoms with Crippen LogP contribution < -0.4 is 5.32 Å². The van der Waals surface area contributed by atoms with Crippen molar-refractivity contribution in [1.29, 1.82) is 0 Å². The average molecular weight is 428 g/mol. The molecule has 148 valence electrons. The highest BCUT2D eigenvalue weighted by molar-refractivity contribution is 7.10. The molecule has 0 bridgehead atoms. The third-order valence-electron chi connectivity index (χ3n) is 4.96. The number of rotatable bonds is 6. The van der Waals surface area contributed by atoms with E-state index in [0.29, 0.717) is 5.02 Å². The second-order valence-electron chi connectivity index (χ2n) is 6.80. The summed E-state index contributed by atoms with van der Waals surface area (Å²) in [7, 11) is 0. The van der Waals surface area contributed by atoms with Crippen molar-refractivity contribution in [3.63, 3.8) is 0 Å². The minimum Gasteiger partial charge on any atom is -0.480 e. The Balaban J connectivity index is 1.43. The molecule has 0 saturated carbocycles. The number of hydrogen-bond donors (Lipinski definition) is 2. The molecule has 1 heterocycles. The topological polar surface area (TPSA) is 75.6 Å². The predicted molar refractivity (Wildman–Crippen MR) is 113 cm³/mol. The van der Waals surface area contributed by atoms with Crippen molar-refractivity contribution in [2.24, 2.45) is 0 Å². The van der Waals surface area contributed by atoms with Gasteiger partial charge in [0.1, 0.15) is 12.6 Å². The van der Waals surface area contributed by atoms with E-state index in [1.165, 1.54) is 11.3 Å². The molecular formula is C22H18ClNO4S. The van der Waals surface area contributed by atoms with Crippen molar-refractivity contribution in [3.8, 4) is 11.1 Å². The fourth-order valence-electron chi connectivity index (χ4n) is 3.64. The molecule has 0 saturated heterocycles. The lowest BCUT2D eigenvalue weighted by atomic mass is 9.98. The molecule has 0 radical (unpaired) electrons. The van der Waals surface area contributed by atoms with E-state index in [1.54, 1.807) is 11.4 Å². The number of carbonyl (C=O) groups is 2. The second kappa shape index (κ2) is 8.27. The molecule has 4 rings (SSSR count). The van der Waals surface area contributed by atoms with Gasteiger partial charge in [-0.05, 0) is 28.3 Å². The van der Waals surface area contributed by atoms with Gasteiger partial charge in [0.15, 0.2) is 0 Å². The molecule has 3 aromatic rings. The third kappa shape index (κ3) is 4.13. The van der Waals surface area contributed by atoms with Crippen molar-refractivity contribution < 1.29 is 19.4 Å². The highest BCUT2D eigenvalue weighted by Gasteiger charge is 2.29. The Morgan fingerprint density at radius 3 is 2.28 bits per heavy atom. The second-order valence-corrected chi connectivity index (χ2v) is 8.23. The van der Waals surface area contributed by atoms with Gasteiger partial charge in [0.25, 0.3) is 0 Å². The first-order valence-corrected chi connectivity index (χ1v) is 10.4. The lowest BCUT2D eigenvalue weighted by Crippen LogP contribution is -2.42. The zero-order valence-electron chi connectivity index (χ0n) is 15.3. The molecule has 1 aliphatic rings. The first-order valence-electron chi connectivity index (χ1n) is 9.10. The fraction of sp³-hybridized carbons (Fsp3) is 0.182. The zero-order valence-corrected chi connectivity index (χ0v) is 16.9. The Morgan fingerprint density at radius 2 is 1.72 bits per heavy atom. The van der Waals surface area contributed by atoms with Crippen LogP contribution in [0.4, 0.5) is 4.79 Å². The van der Waals surface area contributed by atoms with E-state index in [9.17, 15) is 14.7 Å². The van der Waals surface area contributed by atoms with Crippen LogP contribution in [-0.4, -0.2) is 29.8 Å². The van der Waals surface area contributed by atoms with Gasteiger partial charge in [0, 0.05) is 22.6 Å². The molecule has 0 spiro atoms. The summed E-state index contributed by atoms with van der Waals surface area (Å²) in [6.45, 7) is 0.136. The quantitative estimate of drug-likeness (QED) is 0.584. The summed E-state index contributed by atoms with van der Waals surface area (Å²) in [4.78, 5) is 24.6. The number of amides is 1. The number of halogens is 1. The molecule has 2 aromatic carbocycles. The minimum atomic E-state index is -1.12. The number of benzene rings is 2. The zero-order chi connectivity index (χ0) is 20.4. The third-order valence-corrected chi connectivity index (χ3v) is 6.27. The van der Waals surface area contributed by atoms with Crippen LogP contribution in [0.3, 0.4) is 0 Å². The molecule has 5 nitrogen and oxygen atoms in total. The van der Waals surface area contributed by atoms with Crippen molar-refractivity contribution in [3.05, 3.63) is 81.0 Å². The van der Waals surface area contributed by atoms with Gasteiger partial charge in [0.05, 0.1) is 5.02 Å². The number of fused-ring (bicyclic) bond motifs is 3. The molecule has 1 aliphatic carbocycles. The van der Waals surface area contributed by atoms with Crippen LogP contribution >= 0.6 is 22.9 Å². The van der Waals surface area contributed by atoms with Gasteiger partial charge in [-0.2, -0.15) is 0 Å². The monoisotopic (exact) mass is 427 g/mol. The summed E-state index contributed by atoms with van der Waals surface area (Å²) >= 11 is 7.24. The number of carboxylic acids is 1. The number of aliphatic carboxylic acids is 1. The van der Waals surface area contributed by atoms with E-state index in [0.717, 1.165) is 27.1 Å². The van der Waals surface area contributed by atoms with Gasteiger partial charge in [-0.3, -0.25) is 0 Å². The highest BCUT2D eigenvalue weighted by Crippen LogP contribution is 2.44. The first kappa shape index (κ1) is 19.5. The molecule has 1 aromatic heterocycles. The minimum absolute atomic E-state index is 0.0764. The molecule has 7 heteroatoms. The maximum absolute atomic E-state index is 12.3. The van der Waals surface area contributed by atoms with E-state index in [-0.39, 0.29) is 18.9 Å². The van der Waals surface area contributed by atoms with E-state index >= 15 is 0 Å². The van der Waals surface area contributed by atoms with Crippen LogP contribution in [0, 0.1) is 0 Å². The van der Waals surface area contributed by atoms with Crippen LogP contribution in [0.2, 0.25) is 5.02 Å². The van der Waals surface area contributed by atoms with Gasteiger partial charge in [-0.25, -0.2) is 9.59 Å². The van der Waals surface area contributed by atoms with E-state index in [2.05, 4.69) is 17.4 Å². The van der Waals surface area contributed by atoms with E-state index in [4.69, 9.17) is 16.3 Å². The summed E-state index contributed by atoms with van der Waals surface area (Å²) in [5, 5.41) is 14.2. The summed E-state index contributed by atoms with van der Waals surface area (Å²) in [6, 6.07) is 16.7. The van der Waals surface area contributed by atoms with Crippen LogP contribution in [0.25, 0.3) is 11.1 Å². The number of thiophene rings is 1. The molecule has 0 unspecified atom stereocenters. The Hall–Kier alpha value is -2.83. The van der Waals surface area contributed by atoms with E-state index < -0.39 is 18.1 Å². The Bertz CT molecular complexity index is 1020. The predicted octanol–water partition coefficient (Wildman–Crippen LogP) is 4.94. The largest absolute Gasteiger partial charge is 0.480 e. The molecule has 0 fully saturated rings. The summed E-state index contributed by atoms with van der Waals surface area (Å²) in [6.07, 6.45) is -0.599. The lowest BCUT2D eigenvalue weighted by molar-refractivity contribution is -0.139. The van der Waals surface area contributed by atoms with Gasteiger partial charge >= 0.3 is 12.1 Å². The van der Waals surface area contributed by atoms with Gasteiger partial charge < -0.3 is 15.2 Å². The number of ether oxygens (including phenoxy) is 1. The Morgan fingerprint density at radius 1 is 1.10 bits per heavy atom. The molecular weight excluding hydrogens is 410 g/mol. The Labute approximate surface area is 176 Å². The number of carbonyl (C=O) groups excluding carboxylic acids is 1. The molecule has 29 heavy (non-hydrogen) atoms. The normalized spacial score (nSPS) is 13.4. The number of carboxylic acid groups (broad SMARTS) is 1. The van der Waals surface area contributed by atoms with Gasteiger partial charge in [0.2, 0.25) is 0 Å². The maximum Gasteiger partial charge on any atom is 0.407 e. The van der Waals surface area contributed by atoms with Gasteiger partial charge in [-0.15, -0.1) is 11.3 Å². The van der Waals surface area contributed by atoms with Crippen LogP contribution in [0.1, 0.15) is 21.9 Å². The lowest BCUT2D eigenvalue weighted by Gasteiger charge is -2.17. The summed E-state index contributed by atoms with van der Waals surface area (Å²) in [5.74, 6) is -1.20. The first-order chi connectivity index (χ1) is 14.0.